The van der Waals surface area contributed by atoms with E-state index >= 15 is 0 Å². The van der Waals surface area contributed by atoms with Crippen LogP contribution in [0.5, 0.6) is 0 Å². The summed E-state index contributed by atoms with van der Waals surface area (Å²) in [6.07, 6.45) is -0.306. The number of carbonyl (C=O) groups excluding carboxylic acids is 1. The van der Waals surface area contributed by atoms with Gasteiger partial charge in [-0.1, -0.05) is 30.3 Å². The molecule has 2 saturated heterocycles. The van der Waals surface area contributed by atoms with Crippen LogP contribution in [0.1, 0.15) is 5.56 Å². The molecule has 2 atom stereocenters. The summed E-state index contributed by atoms with van der Waals surface area (Å²) in [5, 5.41) is 0. The van der Waals surface area contributed by atoms with Crippen LogP contribution < -0.4 is 0 Å². The van der Waals surface area contributed by atoms with Gasteiger partial charge in [-0.25, -0.2) is 9.00 Å². The smallest absolute Gasteiger partial charge is 0.410 e. The van der Waals surface area contributed by atoms with Gasteiger partial charge < -0.3 is 9.64 Å². The van der Waals surface area contributed by atoms with Crippen LogP contribution >= 0.6 is 0 Å². The first-order chi connectivity index (χ1) is 9.53. The van der Waals surface area contributed by atoms with E-state index in [4.69, 9.17) is 9.52 Å². The number of nitrogens with one attached hydrogen (secondary N) is 1. The fourth-order valence-electron chi connectivity index (χ4n) is 3.04. The minimum absolute atomic E-state index is 0.212. The Morgan fingerprint density at radius 2 is 1.85 bits per heavy atom. The molecule has 1 aromatic carbocycles. The maximum absolute atomic E-state index is 12.0. The summed E-state index contributed by atoms with van der Waals surface area (Å²) in [5.41, 5.74) is 0.967. The number of ether oxygens (including phenoxy) is 1. The van der Waals surface area contributed by atoms with Gasteiger partial charge in [-0.2, -0.15) is 0 Å². The zero-order valence-corrected chi connectivity index (χ0v) is 12.0. The van der Waals surface area contributed by atoms with E-state index in [1.54, 1.807) is 4.90 Å². The molecule has 3 rings (SSSR count). The van der Waals surface area contributed by atoms with Crippen molar-refractivity contribution in [2.75, 3.05) is 24.6 Å². The van der Waals surface area contributed by atoms with Gasteiger partial charge in [-0.05, 0) is 17.4 Å². The Morgan fingerprint density at radius 3 is 2.45 bits per heavy atom. The summed E-state index contributed by atoms with van der Waals surface area (Å²) in [5.74, 6) is 1.29. The average Bonchev–Trinajstić information content (AvgIpc) is 2.90. The van der Waals surface area contributed by atoms with Crippen molar-refractivity contribution in [3.63, 3.8) is 0 Å². The van der Waals surface area contributed by atoms with E-state index in [1.165, 1.54) is 0 Å². The second kappa shape index (κ2) is 5.09. The molecule has 0 spiro atoms. The quantitative estimate of drug-likeness (QED) is 0.906. The molecule has 108 valence electrons. The molecule has 20 heavy (non-hydrogen) atoms. The number of hydrogen-bond donors (Lipinski definition) is 1. The van der Waals surface area contributed by atoms with Gasteiger partial charge in [0.15, 0.2) is 0 Å². The van der Waals surface area contributed by atoms with Gasteiger partial charge in [0, 0.05) is 34.3 Å². The molecule has 0 aliphatic carbocycles. The van der Waals surface area contributed by atoms with E-state index in [2.05, 4.69) is 0 Å². The number of fused-ring (bicyclic) bond motifs is 1. The van der Waals surface area contributed by atoms with Crippen molar-refractivity contribution in [3.8, 4) is 0 Å². The Morgan fingerprint density at radius 1 is 1.25 bits per heavy atom. The highest BCUT2D eigenvalue weighted by Crippen LogP contribution is 2.33. The van der Waals surface area contributed by atoms with Crippen molar-refractivity contribution >= 4 is 15.8 Å². The second-order valence-corrected chi connectivity index (χ2v) is 7.90. The fourth-order valence-corrected chi connectivity index (χ4v) is 5.31. The summed E-state index contributed by atoms with van der Waals surface area (Å²) in [6.45, 7) is 1.43. The number of benzene rings is 1. The van der Waals surface area contributed by atoms with Crippen LogP contribution in [-0.2, 0) is 21.1 Å². The van der Waals surface area contributed by atoms with Crippen molar-refractivity contribution < 1.29 is 13.7 Å². The van der Waals surface area contributed by atoms with E-state index in [-0.39, 0.29) is 24.5 Å². The Balaban J connectivity index is 1.53. The van der Waals surface area contributed by atoms with Crippen molar-refractivity contribution in [1.82, 2.24) is 4.90 Å². The van der Waals surface area contributed by atoms with Crippen molar-refractivity contribution in [2.24, 2.45) is 11.8 Å². The standard InChI is InChI=1S/C14H18N2O3S/c15-20(18)9-12-6-16(7-13(12)10-20)14(17)19-8-11-4-2-1-3-5-11/h1-5,12-13,15H,6-10H2. The highest BCUT2D eigenvalue weighted by atomic mass is 32.2. The van der Waals surface area contributed by atoms with E-state index in [9.17, 15) is 9.00 Å². The first-order valence-electron chi connectivity index (χ1n) is 6.73. The molecule has 2 aliphatic heterocycles. The number of carbonyl (C=O) groups is 1. The van der Waals surface area contributed by atoms with Crippen molar-refractivity contribution in [1.29, 1.82) is 4.78 Å². The number of hydrogen-bond acceptors (Lipinski definition) is 4. The fraction of sp³-hybridized carbons (Fsp3) is 0.500. The monoisotopic (exact) mass is 294 g/mol. The van der Waals surface area contributed by atoms with Gasteiger partial charge in [-0.3, -0.25) is 4.78 Å². The number of likely N-dealkylation sites (tertiary alicyclic amines) is 1. The topological polar surface area (TPSA) is 70.5 Å². The Hall–Kier alpha value is -1.56. The summed E-state index contributed by atoms with van der Waals surface area (Å²) in [6, 6.07) is 9.58. The Kier molecular flexibility index (Phi) is 3.41. The lowest BCUT2D eigenvalue weighted by Crippen LogP contribution is -2.31. The SMILES string of the molecule is N=S1(=O)CC2CN(C(=O)OCc3ccccc3)CC2C1. The van der Waals surface area contributed by atoms with Crippen LogP contribution in [0.4, 0.5) is 4.79 Å². The molecule has 1 aromatic rings. The Labute approximate surface area is 118 Å². The van der Waals surface area contributed by atoms with Crippen LogP contribution in [0.25, 0.3) is 0 Å². The lowest BCUT2D eigenvalue weighted by Gasteiger charge is -2.17. The molecule has 5 nitrogen and oxygen atoms in total. The third-order valence-electron chi connectivity index (χ3n) is 4.01. The summed E-state index contributed by atoms with van der Waals surface area (Å²) in [4.78, 5) is 13.7. The van der Waals surface area contributed by atoms with Crippen LogP contribution in [0, 0.1) is 16.6 Å². The van der Waals surface area contributed by atoms with Crippen LogP contribution in [0.2, 0.25) is 0 Å². The summed E-state index contributed by atoms with van der Waals surface area (Å²) in [7, 11) is -2.39. The minimum Gasteiger partial charge on any atom is -0.445 e. The summed E-state index contributed by atoms with van der Waals surface area (Å²) >= 11 is 0. The third kappa shape index (κ3) is 2.80. The highest BCUT2D eigenvalue weighted by molar-refractivity contribution is 7.92. The van der Waals surface area contributed by atoms with Crippen LogP contribution in [0.15, 0.2) is 30.3 Å². The molecular weight excluding hydrogens is 276 g/mol. The van der Waals surface area contributed by atoms with E-state index in [0.29, 0.717) is 24.6 Å². The van der Waals surface area contributed by atoms with Gasteiger partial charge in [0.1, 0.15) is 6.61 Å². The predicted octanol–water partition coefficient (Wildman–Crippen LogP) is 1.93. The molecule has 1 amide bonds. The molecule has 2 aliphatic rings. The molecule has 2 unspecified atom stereocenters. The molecule has 0 bridgehead atoms. The molecule has 0 saturated carbocycles. The second-order valence-electron chi connectivity index (χ2n) is 5.61. The largest absolute Gasteiger partial charge is 0.445 e. The molecular formula is C14H18N2O3S. The molecule has 6 heteroatoms. The summed E-state index contributed by atoms with van der Waals surface area (Å²) < 4.78 is 24.7. The van der Waals surface area contributed by atoms with Crippen LogP contribution in [-0.4, -0.2) is 39.8 Å². The van der Waals surface area contributed by atoms with Crippen LogP contribution in [0.3, 0.4) is 0 Å². The zero-order valence-electron chi connectivity index (χ0n) is 11.2. The number of rotatable bonds is 2. The average molecular weight is 294 g/mol. The molecule has 2 fully saturated rings. The minimum atomic E-state index is -2.39. The number of nitrogens with zero attached hydrogens (tertiary/aromatic N) is 1. The third-order valence-corrected chi connectivity index (χ3v) is 5.94. The van der Waals surface area contributed by atoms with E-state index < -0.39 is 9.73 Å². The molecule has 2 heterocycles. The molecule has 0 radical (unpaired) electrons. The first-order valence-corrected chi connectivity index (χ1v) is 8.63. The number of amides is 1. The van der Waals surface area contributed by atoms with Gasteiger partial charge >= 0.3 is 6.09 Å². The van der Waals surface area contributed by atoms with Gasteiger partial charge in [0.2, 0.25) is 0 Å². The van der Waals surface area contributed by atoms with Crippen molar-refractivity contribution in [3.05, 3.63) is 35.9 Å². The normalized spacial score (nSPS) is 32.1. The lowest BCUT2D eigenvalue weighted by atomic mass is 10.0. The zero-order chi connectivity index (χ0) is 14.2. The predicted molar refractivity (Wildman–Crippen MR) is 75.8 cm³/mol. The highest BCUT2D eigenvalue weighted by Gasteiger charge is 2.43. The first kappa shape index (κ1) is 13.4. The molecule has 0 aromatic heterocycles. The van der Waals surface area contributed by atoms with E-state index in [0.717, 1.165) is 5.56 Å². The van der Waals surface area contributed by atoms with Gasteiger partial charge in [-0.15, -0.1) is 0 Å². The lowest BCUT2D eigenvalue weighted by molar-refractivity contribution is 0.102. The van der Waals surface area contributed by atoms with Gasteiger partial charge in [0.25, 0.3) is 0 Å². The van der Waals surface area contributed by atoms with Crippen molar-refractivity contribution in [2.45, 2.75) is 6.61 Å². The maximum atomic E-state index is 12.0. The van der Waals surface area contributed by atoms with Gasteiger partial charge in [0.05, 0.1) is 0 Å². The molecule has 1 N–H and O–H groups in total. The Bertz CT molecular complexity index is 580. The maximum Gasteiger partial charge on any atom is 0.410 e. The van der Waals surface area contributed by atoms with E-state index in [1.807, 2.05) is 30.3 Å².